The van der Waals surface area contributed by atoms with Crippen molar-refractivity contribution in [2.75, 3.05) is 10.6 Å². The van der Waals surface area contributed by atoms with Crippen LogP contribution in [0.2, 0.25) is 0 Å². The van der Waals surface area contributed by atoms with Crippen molar-refractivity contribution >= 4 is 28.7 Å². The predicted octanol–water partition coefficient (Wildman–Crippen LogP) is 5.07. The van der Waals surface area contributed by atoms with Gasteiger partial charge in [-0.2, -0.15) is 0 Å². The lowest BCUT2D eigenvalue weighted by atomic mass is 9.98. The van der Waals surface area contributed by atoms with Gasteiger partial charge in [0, 0.05) is 5.69 Å². The Kier molecular flexibility index (Phi) is 4.91. The molecule has 2 aromatic rings. The maximum atomic E-state index is 13.6. The van der Waals surface area contributed by atoms with Crippen molar-refractivity contribution in [2.24, 2.45) is 0 Å². The third-order valence-electron chi connectivity index (χ3n) is 3.29. The van der Waals surface area contributed by atoms with Gasteiger partial charge in [0.05, 0.1) is 5.69 Å². The summed E-state index contributed by atoms with van der Waals surface area (Å²) in [4.78, 5) is 0. The summed E-state index contributed by atoms with van der Waals surface area (Å²) in [6.07, 6.45) is 0. The van der Waals surface area contributed by atoms with Crippen molar-refractivity contribution in [2.45, 2.75) is 26.7 Å². The molecule has 0 aliphatic carbocycles. The summed E-state index contributed by atoms with van der Waals surface area (Å²) in [5, 5.41) is 6.47. The molecule has 0 aliphatic heterocycles. The maximum Gasteiger partial charge on any atom is 0.175 e. The van der Waals surface area contributed by atoms with Crippen molar-refractivity contribution in [1.29, 1.82) is 0 Å². The molecule has 0 atom stereocenters. The molecule has 110 valence electrons. The Morgan fingerprint density at radius 3 is 2.43 bits per heavy atom. The number of thiocarbonyl (C=S) groups is 1. The highest BCUT2D eigenvalue weighted by molar-refractivity contribution is 7.80. The number of halogens is 1. The number of rotatable bonds is 3. The molecule has 0 aliphatic rings. The Bertz CT molecular complexity index is 653. The van der Waals surface area contributed by atoms with Gasteiger partial charge in [0.25, 0.3) is 0 Å². The van der Waals surface area contributed by atoms with E-state index in [-0.39, 0.29) is 5.82 Å². The van der Waals surface area contributed by atoms with E-state index in [0.717, 1.165) is 11.3 Å². The highest BCUT2D eigenvalue weighted by Gasteiger charge is 2.11. The SMILES string of the molecule is Cc1cccc(C(C)C)c1NC(=S)Nc1ccccc1F. The molecule has 2 nitrogen and oxygen atoms in total. The van der Waals surface area contributed by atoms with Crippen molar-refractivity contribution in [1.82, 2.24) is 0 Å². The number of aryl methyl sites for hydroxylation is 1. The molecule has 21 heavy (non-hydrogen) atoms. The third-order valence-corrected chi connectivity index (χ3v) is 3.49. The zero-order valence-electron chi connectivity index (χ0n) is 12.4. The number of benzene rings is 2. The first-order valence-corrected chi connectivity index (χ1v) is 7.32. The number of para-hydroxylation sites is 2. The van der Waals surface area contributed by atoms with Crippen molar-refractivity contribution < 1.29 is 4.39 Å². The van der Waals surface area contributed by atoms with Crippen molar-refractivity contribution in [3.05, 3.63) is 59.4 Å². The highest BCUT2D eigenvalue weighted by atomic mass is 32.1. The normalized spacial score (nSPS) is 10.5. The van der Waals surface area contributed by atoms with Gasteiger partial charge >= 0.3 is 0 Å². The Hall–Kier alpha value is -1.94. The van der Waals surface area contributed by atoms with Crippen LogP contribution in [0.25, 0.3) is 0 Å². The summed E-state index contributed by atoms with van der Waals surface area (Å²) in [6.45, 7) is 6.29. The van der Waals surface area contributed by atoms with E-state index in [0.29, 0.717) is 16.7 Å². The van der Waals surface area contributed by atoms with Gasteiger partial charge in [-0.15, -0.1) is 0 Å². The third kappa shape index (κ3) is 3.79. The molecular weight excluding hydrogens is 283 g/mol. The van der Waals surface area contributed by atoms with E-state index in [4.69, 9.17) is 12.2 Å². The average molecular weight is 302 g/mol. The van der Waals surface area contributed by atoms with E-state index in [2.05, 4.69) is 30.5 Å². The number of hydrogen-bond donors (Lipinski definition) is 2. The summed E-state index contributed by atoms with van der Waals surface area (Å²) >= 11 is 5.29. The lowest BCUT2D eigenvalue weighted by molar-refractivity contribution is 0.632. The van der Waals surface area contributed by atoms with Crippen LogP contribution in [0.1, 0.15) is 30.9 Å². The second-order valence-electron chi connectivity index (χ2n) is 5.25. The molecule has 0 aromatic heterocycles. The molecule has 4 heteroatoms. The van der Waals surface area contributed by atoms with E-state index >= 15 is 0 Å². The van der Waals surface area contributed by atoms with E-state index in [1.165, 1.54) is 11.6 Å². The van der Waals surface area contributed by atoms with E-state index in [1.807, 2.05) is 19.1 Å². The zero-order valence-corrected chi connectivity index (χ0v) is 13.2. The molecule has 0 spiro atoms. The summed E-state index contributed by atoms with van der Waals surface area (Å²) < 4.78 is 13.6. The standard InChI is InChI=1S/C17H19FN2S/c1-11(2)13-8-6-7-12(3)16(13)20-17(21)19-15-10-5-4-9-14(15)18/h4-11H,1-3H3,(H2,19,20,21). The monoisotopic (exact) mass is 302 g/mol. The summed E-state index contributed by atoms with van der Waals surface area (Å²) in [7, 11) is 0. The summed E-state index contributed by atoms with van der Waals surface area (Å²) in [5.74, 6) is 0.0548. The Morgan fingerprint density at radius 1 is 1.05 bits per heavy atom. The predicted molar refractivity (Wildman–Crippen MR) is 91.5 cm³/mol. The van der Waals surface area contributed by atoms with E-state index < -0.39 is 0 Å². The number of anilines is 2. The lowest BCUT2D eigenvalue weighted by Crippen LogP contribution is -2.21. The van der Waals surface area contributed by atoms with Gasteiger partial charge in [-0.1, -0.05) is 44.2 Å². The maximum absolute atomic E-state index is 13.6. The Labute approximate surface area is 130 Å². The topological polar surface area (TPSA) is 24.1 Å². The van der Waals surface area contributed by atoms with E-state index in [9.17, 15) is 4.39 Å². The van der Waals surface area contributed by atoms with Crippen LogP contribution in [-0.4, -0.2) is 5.11 Å². The number of nitrogens with one attached hydrogen (secondary N) is 2. The van der Waals surface area contributed by atoms with Crippen LogP contribution < -0.4 is 10.6 Å². The minimum Gasteiger partial charge on any atom is -0.332 e. The van der Waals surface area contributed by atoms with Gasteiger partial charge in [0.1, 0.15) is 5.82 Å². The van der Waals surface area contributed by atoms with Crippen LogP contribution in [0.5, 0.6) is 0 Å². The van der Waals surface area contributed by atoms with Gasteiger partial charge in [-0.3, -0.25) is 0 Å². The average Bonchev–Trinajstić information content (AvgIpc) is 2.43. The Morgan fingerprint density at radius 2 is 1.76 bits per heavy atom. The lowest BCUT2D eigenvalue weighted by Gasteiger charge is -2.18. The van der Waals surface area contributed by atoms with Crippen LogP contribution in [0.15, 0.2) is 42.5 Å². The second-order valence-corrected chi connectivity index (χ2v) is 5.66. The van der Waals surface area contributed by atoms with Crippen LogP contribution in [-0.2, 0) is 0 Å². The number of hydrogen-bond acceptors (Lipinski definition) is 1. The zero-order chi connectivity index (χ0) is 15.4. The molecule has 0 radical (unpaired) electrons. The fraction of sp³-hybridized carbons (Fsp3) is 0.235. The van der Waals surface area contributed by atoms with Crippen LogP contribution in [0.3, 0.4) is 0 Å². The molecule has 2 rings (SSSR count). The molecule has 0 amide bonds. The van der Waals surface area contributed by atoms with Gasteiger partial charge in [-0.25, -0.2) is 4.39 Å². The van der Waals surface area contributed by atoms with Crippen LogP contribution in [0.4, 0.5) is 15.8 Å². The smallest absolute Gasteiger partial charge is 0.175 e. The van der Waals surface area contributed by atoms with Gasteiger partial charge in [0.2, 0.25) is 0 Å². The molecule has 0 fully saturated rings. The molecular formula is C17H19FN2S. The van der Waals surface area contributed by atoms with Crippen LogP contribution >= 0.6 is 12.2 Å². The van der Waals surface area contributed by atoms with E-state index in [1.54, 1.807) is 18.2 Å². The largest absolute Gasteiger partial charge is 0.332 e. The molecule has 0 saturated heterocycles. The first kappa shape index (κ1) is 15.4. The summed E-state index contributed by atoms with van der Waals surface area (Å²) in [6, 6.07) is 12.6. The minimum absolute atomic E-state index is 0.324. The fourth-order valence-corrected chi connectivity index (χ4v) is 2.38. The molecule has 0 unspecified atom stereocenters. The quantitative estimate of drug-likeness (QED) is 0.774. The molecule has 0 saturated carbocycles. The van der Waals surface area contributed by atoms with Crippen molar-refractivity contribution in [3.8, 4) is 0 Å². The van der Waals surface area contributed by atoms with Gasteiger partial charge < -0.3 is 10.6 Å². The molecule has 0 bridgehead atoms. The molecule has 0 heterocycles. The molecule has 2 aromatic carbocycles. The molecule has 2 N–H and O–H groups in total. The fourth-order valence-electron chi connectivity index (χ4n) is 2.17. The van der Waals surface area contributed by atoms with Gasteiger partial charge in [0.15, 0.2) is 5.11 Å². The van der Waals surface area contributed by atoms with Crippen molar-refractivity contribution in [3.63, 3.8) is 0 Å². The first-order chi connectivity index (χ1) is 9.99. The van der Waals surface area contributed by atoms with Crippen LogP contribution in [0, 0.1) is 12.7 Å². The Balaban J connectivity index is 2.19. The van der Waals surface area contributed by atoms with Gasteiger partial charge in [-0.05, 0) is 48.3 Å². The second kappa shape index (κ2) is 6.68. The first-order valence-electron chi connectivity index (χ1n) is 6.91. The highest BCUT2D eigenvalue weighted by Crippen LogP contribution is 2.27. The minimum atomic E-state index is -0.324. The summed E-state index contributed by atoms with van der Waals surface area (Å²) in [5.41, 5.74) is 3.66.